The lowest BCUT2D eigenvalue weighted by atomic mass is 10.2. The zero-order chi connectivity index (χ0) is 23.1. The number of anilines is 1. The van der Waals surface area contributed by atoms with E-state index in [1.54, 1.807) is 53.4 Å². The number of rotatable bonds is 7. The average Bonchev–Trinajstić information content (AvgIpc) is 2.85. The van der Waals surface area contributed by atoms with Crippen LogP contribution in [0.25, 0.3) is 0 Å². The summed E-state index contributed by atoms with van der Waals surface area (Å²) in [6.45, 7) is 3.67. The minimum absolute atomic E-state index is 0.282. The van der Waals surface area contributed by atoms with Gasteiger partial charge in [-0.2, -0.15) is 4.31 Å². The minimum atomic E-state index is -3.54. The summed E-state index contributed by atoms with van der Waals surface area (Å²) < 4.78 is 27.7. The number of piperazine rings is 1. The first kappa shape index (κ1) is 23.2. The molecule has 4 rings (SSSR count). The normalized spacial score (nSPS) is 15.2. The molecular weight excluding hydrogens is 456 g/mol. The number of nitrogens with one attached hydrogen (secondary N) is 2. The summed E-state index contributed by atoms with van der Waals surface area (Å²) in [7, 11) is -3.54. The highest BCUT2D eigenvalue weighted by atomic mass is 32.2. The van der Waals surface area contributed by atoms with Gasteiger partial charge in [0.1, 0.15) is 0 Å². The average molecular weight is 483 g/mol. The van der Waals surface area contributed by atoms with Gasteiger partial charge in [0.25, 0.3) is 0 Å². The first-order chi connectivity index (χ1) is 16.0. The van der Waals surface area contributed by atoms with Gasteiger partial charge in [0.15, 0.2) is 5.11 Å². The monoisotopic (exact) mass is 482 g/mol. The Hall–Kier alpha value is -2.92. The third kappa shape index (κ3) is 6.32. The molecule has 0 amide bonds. The molecule has 33 heavy (non-hydrogen) atoms. The van der Waals surface area contributed by atoms with Gasteiger partial charge < -0.3 is 10.6 Å². The van der Waals surface area contributed by atoms with Crippen molar-refractivity contribution in [2.75, 3.05) is 31.5 Å². The highest BCUT2D eigenvalue weighted by Crippen LogP contribution is 2.20. The predicted octanol–water partition coefficient (Wildman–Crippen LogP) is 2.47. The summed E-state index contributed by atoms with van der Waals surface area (Å²) in [4.78, 5) is 10.6. The summed E-state index contributed by atoms with van der Waals surface area (Å²) in [5.74, 6) is 0. The number of sulfonamides is 1. The first-order valence-electron chi connectivity index (χ1n) is 10.7. The predicted molar refractivity (Wildman–Crippen MR) is 132 cm³/mol. The Kier molecular flexibility index (Phi) is 7.61. The molecule has 10 heteroatoms. The summed E-state index contributed by atoms with van der Waals surface area (Å²) in [6, 6.07) is 14.5. The van der Waals surface area contributed by atoms with Gasteiger partial charge in [0.05, 0.1) is 4.90 Å². The van der Waals surface area contributed by atoms with Crippen molar-refractivity contribution < 1.29 is 8.42 Å². The van der Waals surface area contributed by atoms with Crippen molar-refractivity contribution in [2.45, 2.75) is 18.0 Å². The number of nitrogens with zero attached hydrogens (tertiary/aromatic N) is 4. The lowest BCUT2D eigenvalue weighted by Crippen LogP contribution is -2.48. The van der Waals surface area contributed by atoms with Crippen LogP contribution >= 0.6 is 12.2 Å². The van der Waals surface area contributed by atoms with Crippen molar-refractivity contribution >= 4 is 33.0 Å². The lowest BCUT2D eigenvalue weighted by Gasteiger charge is -2.34. The van der Waals surface area contributed by atoms with E-state index in [1.165, 1.54) is 5.56 Å². The van der Waals surface area contributed by atoms with Crippen LogP contribution in [0.2, 0.25) is 0 Å². The molecule has 3 heterocycles. The molecule has 1 fully saturated rings. The lowest BCUT2D eigenvalue weighted by molar-refractivity contribution is 0.181. The maximum atomic E-state index is 13.1. The number of hydrogen-bond donors (Lipinski definition) is 2. The van der Waals surface area contributed by atoms with Crippen LogP contribution in [0.4, 0.5) is 5.69 Å². The number of benzene rings is 1. The summed E-state index contributed by atoms with van der Waals surface area (Å²) in [6.07, 6.45) is 7.04. The molecule has 0 bridgehead atoms. The van der Waals surface area contributed by atoms with Crippen LogP contribution in [0.3, 0.4) is 0 Å². The smallest absolute Gasteiger partial charge is 0.243 e. The third-order valence-electron chi connectivity index (χ3n) is 5.41. The van der Waals surface area contributed by atoms with Crippen LogP contribution in [0.1, 0.15) is 11.1 Å². The molecule has 1 aromatic carbocycles. The Balaban J connectivity index is 1.29. The molecule has 3 aromatic rings. The molecule has 0 spiro atoms. The molecule has 0 radical (unpaired) electrons. The van der Waals surface area contributed by atoms with E-state index in [1.807, 2.05) is 24.3 Å². The van der Waals surface area contributed by atoms with E-state index >= 15 is 0 Å². The number of hydrogen-bond acceptors (Lipinski definition) is 6. The number of pyridine rings is 2. The van der Waals surface area contributed by atoms with Gasteiger partial charge in [-0.3, -0.25) is 14.9 Å². The number of aromatic nitrogens is 2. The van der Waals surface area contributed by atoms with E-state index < -0.39 is 10.0 Å². The van der Waals surface area contributed by atoms with Gasteiger partial charge in [-0.15, -0.1) is 0 Å². The number of thiocarbonyl (C=S) groups is 1. The van der Waals surface area contributed by atoms with Gasteiger partial charge >= 0.3 is 0 Å². The van der Waals surface area contributed by atoms with Crippen molar-refractivity contribution in [3.8, 4) is 0 Å². The highest BCUT2D eigenvalue weighted by molar-refractivity contribution is 7.89. The van der Waals surface area contributed by atoms with Crippen LogP contribution in [-0.2, 0) is 23.1 Å². The second kappa shape index (κ2) is 10.8. The van der Waals surface area contributed by atoms with Gasteiger partial charge in [0, 0.05) is 69.7 Å². The van der Waals surface area contributed by atoms with E-state index in [0.717, 1.165) is 17.8 Å². The Morgan fingerprint density at radius 2 is 1.64 bits per heavy atom. The van der Waals surface area contributed by atoms with Gasteiger partial charge in [0.2, 0.25) is 10.0 Å². The van der Waals surface area contributed by atoms with Crippen molar-refractivity contribution in [3.63, 3.8) is 0 Å². The van der Waals surface area contributed by atoms with Gasteiger partial charge in [-0.1, -0.05) is 6.07 Å². The molecule has 1 aliphatic rings. The molecule has 8 nitrogen and oxygen atoms in total. The Bertz CT molecular complexity index is 1150. The van der Waals surface area contributed by atoms with Crippen molar-refractivity contribution in [1.29, 1.82) is 0 Å². The van der Waals surface area contributed by atoms with Crippen LogP contribution in [0.15, 0.2) is 78.2 Å². The maximum absolute atomic E-state index is 13.1. The van der Waals surface area contributed by atoms with Gasteiger partial charge in [-0.05, 0) is 65.8 Å². The van der Waals surface area contributed by atoms with Crippen molar-refractivity contribution in [1.82, 2.24) is 24.5 Å². The standard InChI is InChI=1S/C23H26N6O2S2/c30-33(31,29-14-12-28(13-15-29)18-19-7-10-24-11-8-19)22-5-3-21(4-6-22)27-23(32)26-17-20-2-1-9-25-16-20/h1-11,16H,12-15,17-18H2,(H2,26,27,32). The fraction of sp³-hybridized carbons (Fsp3) is 0.261. The summed E-state index contributed by atoms with van der Waals surface area (Å²) >= 11 is 5.32. The second-order valence-corrected chi connectivity index (χ2v) is 10.1. The first-order valence-corrected chi connectivity index (χ1v) is 12.5. The second-order valence-electron chi connectivity index (χ2n) is 7.73. The van der Waals surface area contributed by atoms with E-state index in [-0.39, 0.29) is 4.90 Å². The largest absolute Gasteiger partial charge is 0.358 e. The quantitative estimate of drug-likeness (QED) is 0.497. The molecule has 2 aromatic heterocycles. The highest BCUT2D eigenvalue weighted by Gasteiger charge is 2.28. The van der Waals surface area contributed by atoms with Crippen LogP contribution in [0, 0.1) is 0 Å². The molecule has 1 aliphatic heterocycles. The molecule has 0 saturated carbocycles. The van der Waals surface area contributed by atoms with Crippen molar-refractivity contribution in [2.24, 2.45) is 0 Å². The fourth-order valence-corrected chi connectivity index (χ4v) is 5.21. The SMILES string of the molecule is O=S(=O)(c1ccc(NC(=S)NCc2cccnc2)cc1)N1CCN(Cc2ccncc2)CC1. The third-order valence-corrected chi connectivity index (χ3v) is 7.57. The van der Waals surface area contributed by atoms with E-state index in [4.69, 9.17) is 12.2 Å². The maximum Gasteiger partial charge on any atom is 0.243 e. The molecule has 1 saturated heterocycles. The molecule has 2 N–H and O–H groups in total. The van der Waals surface area contributed by atoms with Crippen LogP contribution in [0.5, 0.6) is 0 Å². The van der Waals surface area contributed by atoms with E-state index in [0.29, 0.717) is 37.8 Å². The molecule has 172 valence electrons. The van der Waals surface area contributed by atoms with Crippen LogP contribution < -0.4 is 10.6 Å². The summed E-state index contributed by atoms with van der Waals surface area (Å²) in [5.41, 5.74) is 2.92. The van der Waals surface area contributed by atoms with Crippen LogP contribution in [-0.4, -0.2) is 58.9 Å². The minimum Gasteiger partial charge on any atom is -0.358 e. The topological polar surface area (TPSA) is 90.5 Å². The fourth-order valence-electron chi connectivity index (χ4n) is 3.59. The molecule has 0 unspecified atom stereocenters. The van der Waals surface area contributed by atoms with Gasteiger partial charge in [-0.25, -0.2) is 8.42 Å². The molecule has 0 aliphatic carbocycles. The Morgan fingerprint density at radius 1 is 0.909 bits per heavy atom. The molecular formula is C23H26N6O2S2. The Morgan fingerprint density at radius 3 is 2.30 bits per heavy atom. The zero-order valence-electron chi connectivity index (χ0n) is 18.1. The van der Waals surface area contributed by atoms with E-state index in [9.17, 15) is 8.42 Å². The summed E-state index contributed by atoms with van der Waals surface area (Å²) in [5, 5.41) is 6.65. The Labute approximate surface area is 199 Å². The molecule has 0 atom stereocenters. The zero-order valence-corrected chi connectivity index (χ0v) is 19.7. The van der Waals surface area contributed by atoms with E-state index in [2.05, 4.69) is 25.5 Å². The van der Waals surface area contributed by atoms with Crippen molar-refractivity contribution in [3.05, 3.63) is 84.4 Å².